The van der Waals surface area contributed by atoms with E-state index in [1.807, 2.05) is 0 Å². The van der Waals surface area contributed by atoms with Crippen molar-refractivity contribution in [3.63, 3.8) is 0 Å². The molecule has 0 heterocycles. The predicted octanol–water partition coefficient (Wildman–Crippen LogP) is 6.55. The molecule has 0 aromatic heterocycles. The third kappa shape index (κ3) is 6.84. The molecule has 29 heavy (non-hydrogen) atoms. The highest BCUT2D eigenvalue weighted by Crippen LogP contribution is 2.27. The molecule has 2 aromatic carbocycles. The van der Waals surface area contributed by atoms with Crippen molar-refractivity contribution in [2.24, 2.45) is 5.92 Å². The van der Waals surface area contributed by atoms with Crippen LogP contribution in [0.3, 0.4) is 0 Å². The number of carbonyl (C=O) groups excluding carboxylic acids is 1. The summed E-state index contributed by atoms with van der Waals surface area (Å²) in [6, 6.07) is 10.1. The maximum Gasteiger partial charge on any atom is 0.349 e. The quantitative estimate of drug-likeness (QED) is 0.421. The van der Waals surface area contributed by atoms with Crippen LogP contribution in [0.2, 0.25) is 0 Å². The van der Waals surface area contributed by atoms with Gasteiger partial charge in [-0.05, 0) is 56.0 Å². The largest absolute Gasteiger partial charge is 0.476 e. The molecule has 0 saturated heterocycles. The Balaban J connectivity index is 1.93. The Bertz CT molecular complexity index is 800. The van der Waals surface area contributed by atoms with Crippen molar-refractivity contribution in [2.75, 3.05) is 6.61 Å². The highest BCUT2D eigenvalue weighted by molar-refractivity contribution is 5.79. The molecule has 0 aliphatic carbocycles. The second-order valence-electron chi connectivity index (χ2n) is 7.93. The van der Waals surface area contributed by atoms with E-state index in [2.05, 4.69) is 13.8 Å². The Morgan fingerprint density at radius 1 is 1.07 bits per heavy atom. The van der Waals surface area contributed by atoms with Crippen LogP contribution in [0.15, 0.2) is 42.5 Å². The lowest BCUT2D eigenvalue weighted by atomic mass is 10.0. The molecule has 1 unspecified atom stereocenters. The van der Waals surface area contributed by atoms with Crippen molar-refractivity contribution in [3.05, 3.63) is 54.1 Å². The summed E-state index contributed by atoms with van der Waals surface area (Å²) in [4.78, 5) is 12.4. The van der Waals surface area contributed by atoms with Gasteiger partial charge in [-0.15, -0.1) is 0 Å². The van der Waals surface area contributed by atoms with Crippen LogP contribution in [-0.4, -0.2) is 18.2 Å². The zero-order valence-corrected chi connectivity index (χ0v) is 17.6. The summed E-state index contributed by atoms with van der Waals surface area (Å²) in [6.07, 6.45) is 4.31. The van der Waals surface area contributed by atoms with Crippen LogP contribution in [0, 0.1) is 17.6 Å². The lowest BCUT2D eigenvalue weighted by Gasteiger charge is -2.25. The summed E-state index contributed by atoms with van der Waals surface area (Å²) in [6.45, 7) is 8.01. The SMILES string of the molecule is CCCCC(C)CCOC(=O)C(C)(C)Oc1ccc(-c2ccc(F)cc2F)cc1. The minimum Gasteiger partial charge on any atom is -0.476 e. The van der Waals surface area contributed by atoms with E-state index in [0.717, 1.165) is 25.3 Å². The Kier molecular flexibility index (Phi) is 8.18. The van der Waals surface area contributed by atoms with Gasteiger partial charge in [-0.3, -0.25) is 0 Å². The fourth-order valence-corrected chi connectivity index (χ4v) is 2.99. The Morgan fingerprint density at radius 3 is 2.38 bits per heavy atom. The van der Waals surface area contributed by atoms with Crippen molar-refractivity contribution in [3.8, 4) is 16.9 Å². The first-order chi connectivity index (χ1) is 13.7. The molecule has 0 aliphatic heterocycles. The van der Waals surface area contributed by atoms with Crippen molar-refractivity contribution in [1.29, 1.82) is 0 Å². The first-order valence-corrected chi connectivity index (χ1v) is 10.1. The van der Waals surface area contributed by atoms with Gasteiger partial charge in [0.2, 0.25) is 0 Å². The van der Waals surface area contributed by atoms with Crippen molar-refractivity contribution in [1.82, 2.24) is 0 Å². The average Bonchev–Trinajstić information content (AvgIpc) is 2.67. The third-order valence-electron chi connectivity index (χ3n) is 4.86. The molecule has 0 saturated carbocycles. The van der Waals surface area contributed by atoms with Gasteiger partial charge >= 0.3 is 5.97 Å². The number of rotatable bonds is 10. The Morgan fingerprint density at radius 2 is 1.76 bits per heavy atom. The van der Waals surface area contributed by atoms with Crippen LogP contribution in [0.5, 0.6) is 5.75 Å². The van der Waals surface area contributed by atoms with Gasteiger partial charge in [0.25, 0.3) is 0 Å². The van der Waals surface area contributed by atoms with Crippen LogP contribution in [0.4, 0.5) is 8.78 Å². The van der Waals surface area contributed by atoms with E-state index in [1.165, 1.54) is 18.6 Å². The lowest BCUT2D eigenvalue weighted by Crippen LogP contribution is -2.40. The van der Waals surface area contributed by atoms with Gasteiger partial charge in [-0.2, -0.15) is 0 Å². The van der Waals surface area contributed by atoms with Gasteiger partial charge < -0.3 is 9.47 Å². The molecule has 0 radical (unpaired) electrons. The molecular weight excluding hydrogens is 374 g/mol. The molecule has 0 amide bonds. The number of halogens is 2. The van der Waals surface area contributed by atoms with E-state index in [0.29, 0.717) is 29.4 Å². The molecular formula is C24H30F2O3. The maximum atomic E-state index is 13.9. The number of benzene rings is 2. The van der Waals surface area contributed by atoms with Gasteiger partial charge in [0.05, 0.1) is 6.61 Å². The van der Waals surface area contributed by atoms with Crippen LogP contribution < -0.4 is 4.74 Å². The van der Waals surface area contributed by atoms with Crippen molar-refractivity contribution < 1.29 is 23.0 Å². The number of carbonyl (C=O) groups is 1. The minimum absolute atomic E-state index is 0.300. The van der Waals surface area contributed by atoms with Crippen LogP contribution in [0.1, 0.15) is 53.4 Å². The molecule has 0 aliphatic rings. The normalized spacial score (nSPS) is 12.5. The fourth-order valence-electron chi connectivity index (χ4n) is 2.99. The Labute approximate surface area is 172 Å². The fraction of sp³-hybridized carbons (Fsp3) is 0.458. The van der Waals surface area contributed by atoms with Gasteiger partial charge in [-0.25, -0.2) is 13.6 Å². The van der Waals surface area contributed by atoms with E-state index < -0.39 is 23.2 Å². The van der Waals surface area contributed by atoms with Crippen LogP contribution >= 0.6 is 0 Å². The number of unbranched alkanes of at least 4 members (excludes halogenated alkanes) is 1. The first-order valence-electron chi connectivity index (χ1n) is 10.1. The van der Waals surface area contributed by atoms with Crippen LogP contribution in [0.25, 0.3) is 11.1 Å². The highest BCUT2D eigenvalue weighted by Gasteiger charge is 2.32. The van der Waals surface area contributed by atoms with Crippen molar-refractivity contribution >= 4 is 5.97 Å². The first kappa shape index (κ1) is 22.9. The number of hydrogen-bond acceptors (Lipinski definition) is 3. The second-order valence-corrected chi connectivity index (χ2v) is 7.93. The van der Waals surface area contributed by atoms with Gasteiger partial charge in [0, 0.05) is 11.6 Å². The van der Waals surface area contributed by atoms with Crippen LogP contribution in [-0.2, 0) is 9.53 Å². The third-order valence-corrected chi connectivity index (χ3v) is 4.86. The number of esters is 1. The lowest BCUT2D eigenvalue weighted by molar-refractivity contribution is -0.159. The molecule has 5 heteroatoms. The minimum atomic E-state index is -1.14. The molecule has 0 bridgehead atoms. The molecule has 158 valence electrons. The zero-order chi connectivity index (χ0) is 21.4. The summed E-state index contributed by atoms with van der Waals surface area (Å²) in [5, 5.41) is 0. The summed E-state index contributed by atoms with van der Waals surface area (Å²) in [5.74, 6) is -0.684. The van der Waals surface area contributed by atoms with E-state index in [-0.39, 0.29) is 0 Å². The molecule has 2 aromatic rings. The van der Waals surface area contributed by atoms with Crippen molar-refractivity contribution in [2.45, 2.75) is 59.0 Å². The molecule has 3 nitrogen and oxygen atoms in total. The van der Waals surface area contributed by atoms with Gasteiger partial charge in [-0.1, -0.05) is 45.2 Å². The Hall–Kier alpha value is -2.43. The predicted molar refractivity (Wildman–Crippen MR) is 111 cm³/mol. The smallest absolute Gasteiger partial charge is 0.349 e. The van der Waals surface area contributed by atoms with E-state index in [1.54, 1.807) is 38.1 Å². The standard InChI is InChI=1S/C24H30F2O3/c1-5-6-7-17(2)14-15-28-23(27)24(3,4)29-20-11-8-18(9-12-20)21-13-10-19(25)16-22(21)26/h8-13,16-17H,5-7,14-15H2,1-4H3. The number of ether oxygens (including phenoxy) is 2. The summed E-state index contributed by atoms with van der Waals surface area (Å²) >= 11 is 0. The van der Waals surface area contributed by atoms with Gasteiger partial charge in [0.15, 0.2) is 5.60 Å². The summed E-state index contributed by atoms with van der Waals surface area (Å²) in [5.41, 5.74) is -0.250. The molecule has 0 spiro atoms. The molecule has 1 atom stereocenters. The molecule has 0 N–H and O–H groups in total. The van der Waals surface area contributed by atoms with E-state index >= 15 is 0 Å². The average molecular weight is 404 g/mol. The van der Waals surface area contributed by atoms with E-state index in [4.69, 9.17) is 9.47 Å². The van der Waals surface area contributed by atoms with E-state index in [9.17, 15) is 13.6 Å². The maximum absolute atomic E-state index is 13.9. The van der Waals surface area contributed by atoms with Gasteiger partial charge in [0.1, 0.15) is 17.4 Å². The molecule has 0 fully saturated rings. The highest BCUT2D eigenvalue weighted by atomic mass is 19.1. The monoisotopic (exact) mass is 404 g/mol. The summed E-state index contributed by atoms with van der Waals surface area (Å²) < 4.78 is 38.2. The second kappa shape index (κ2) is 10.4. The zero-order valence-electron chi connectivity index (χ0n) is 17.6. The topological polar surface area (TPSA) is 35.5 Å². The number of hydrogen-bond donors (Lipinski definition) is 0. The summed E-state index contributed by atoms with van der Waals surface area (Å²) in [7, 11) is 0. The molecule has 2 rings (SSSR count).